The van der Waals surface area contributed by atoms with Crippen LogP contribution in [0.2, 0.25) is 0 Å². The van der Waals surface area contributed by atoms with Crippen LogP contribution in [0.3, 0.4) is 0 Å². The third-order valence-electron chi connectivity index (χ3n) is 2.58. The monoisotopic (exact) mass is 234 g/mol. The van der Waals surface area contributed by atoms with Gasteiger partial charge in [0.25, 0.3) is 0 Å². The predicted molar refractivity (Wildman–Crippen MR) is 76.0 cm³/mol. The topological polar surface area (TPSA) is 17.1 Å². The van der Waals surface area contributed by atoms with E-state index in [-0.39, 0.29) is 5.78 Å². The fraction of sp³-hybridized carbons (Fsp3) is 0.562. The van der Waals surface area contributed by atoms with Gasteiger partial charge in [0, 0.05) is 6.42 Å². The van der Waals surface area contributed by atoms with E-state index in [1.807, 2.05) is 19.9 Å². The molecule has 0 bridgehead atoms. The van der Waals surface area contributed by atoms with E-state index in [1.165, 1.54) is 5.57 Å². The Bertz CT molecular complexity index is 314. The van der Waals surface area contributed by atoms with Crippen LogP contribution in [0.15, 0.2) is 35.5 Å². The molecule has 0 radical (unpaired) electrons. The van der Waals surface area contributed by atoms with Crippen LogP contribution in [-0.4, -0.2) is 5.78 Å². The summed E-state index contributed by atoms with van der Waals surface area (Å²) in [6.07, 6.45) is 11.0. The van der Waals surface area contributed by atoms with E-state index in [2.05, 4.69) is 32.9 Å². The molecule has 96 valence electrons. The molecule has 0 saturated carbocycles. The van der Waals surface area contributed by atoms with Gasteiger partial charge in [-0.3, -0.25) is 4.79 Å². The van der Waals surface area contributed by atoms with Crippen molar-refractivity contribution < 1.29 is 4.79 Å². The fourth-order valence-electron chi connectivity index (χ4n) is 1.42. The molecular formula is C16H26O. The lowest BCUT2D eigenvalue weighted by Gasteiger charge is -2.04. The van der Waals surface area contributed by atoms with Crippen molar-refractivity contribution in [3.05, 3.63) is 35.5 Å². The van der Waals surface area contributed by atoms with Crippen LogP contribution in [0.5, 0.6) is 0 Å². The molecule has 0 fully saturated rings. The van der Waals surface area contributed by atoms with Crippen molar-refractivity contribution >= 4 is 5.78 Å². The van der Waals surface area contributed by atoms with Gasteiger partial charge < -0.3 is 0 Å². The molecule has 0 spiro atoms. The van der Waals surface area contributed by atoms with E-state index >= 15 is 0 Å². The lowest BCUT2D eigenvalue weighted by molar-refractivity contribution is -0.114. The number of carbonyl (C=O) groups is 1. The van der Waals surface area contributed by atoms with Gasteiger partial charge in [-0.1, -0.05) is 37.6 Å². The molecular weight excluding hydrogens is 208 g/mol. The minimum atomic E-state index is 0.199. The molecule has 0 aliphatic rings. The molecule has 0 aromatic rings. The van der Waals surface area contributed by atoms with Crippen LogP contribution in [0, 0.1) is 5.92 Å². The summed E-state index contributed by atoms with van der Waals surface area (Å²) in [5.41, 5.74) is 2.43. The highest BCUT2D eigenvalue weighted by Gasteiger charge is 1.97. The third-order valence-corrected chi connectivity index (χ3v) is 2.58. The Morgan fingerprint density at radius 3 is 2.35 bits per heavy atom. The summed E-state index contributed by atoms with van der Waals surface area (Å²) < 4.78 is 0. The highest BCUT2D eigenvalue weighted by molar-refractivity contribution is 5.90. The van der Waals surface area contributed by atoms with Crippen LogP contribution >= 0.6 is 0 Å². The van der Waals surface area contributed by atoms with Crippen LogP contribution in [0.25, 0.3) is 0 Å². The average Bonchev–Trinajstić information content (AvgIpc) is 2.26. The number of carbonyl (C=O) groups excluding carboxylic acids is 1. The number of rotatable bonds is 7. The summed E-state index contributed by atoms with van der Waals surface area (Å²) in [6, 6.07) is 0. The van der Waals surface area contributed by atoms with Gasteiger partial charge in [0.15, 0.2) is 5.78 Å². The van der Waals surface area contributed by atoms with Crippen molar-refractivity contribution in [3.63, 3.8) is 0 Å². The standard InChI is InChI=1S/C16H26O/c1-6-16(17)12-15(5)9-7-8-14(4)11-10-13(2)3/h7,9-10,12,14H,6,8,11H2,1-5H3/b9-7+,15-12+. The Morgan fingerprint density at radius 2 is 1.82 bits per heavy atom. The molecule has 0 aliphatic carbocycles. The number of hydrogen-bond acceptors (Lipinski definition) is 1. The van der Waals surface area contributed by atoms with E-state index in [4.69, 9.17) is 0 Å². The Labute approximate surface area is 106 Å². The van der Waals surface area contributed by atoms with Crippen molar-refractivity contribution in [2.45, 2.75) is 53.9 Å². The zero-order chi connectivity index (χ0) is 13.3. The lowest BCUT2D eigenvalue weighted by Crippen LogP contribution is -1.91. The summed E-state index contributed by atoms with van der Waals surface area (Å²) in [6.45, 7) is 10.4. The summed E-state index contributed by atoms with van der Waals surface area (Å²) in [5, 5.41) is 0. The van der Waals surface area contributed by atoms with E-state index in [9.17, 15) is 4.79 Å². The maximum atomic E-state index is 11.2. The average molecular weight is 234 g/mol. The molecule has 0 saturated heterocycles. The van der Waals surface area contributed by atoms with Gasteiger partial charge in [-0.2, -0.15) is 0 Å². The maximum absolute atomic E-state index is 11.2. The van der Waals surface area contributed by atoms with E-state index < -0.39 is 0 Å². The molecule has 0 aromatic carbocycles. The van der Waals surface area contributed by atoms with Gasteiger partial charge in [0.2, 0.25) is 0 Å². The summed E-state index contributed by atoms with van der Waals surface area (Å²) in [5.74, 6) is 0.862. The Kier molecular flexibility index (Phi) is 8.39. The fourth-order valence-corrected chi connectivity index (χ4v) is 1.42. The second kappa shape index (κ2) is 8.98. The number of ketones is 1. The van der Waals surface area contributed by atoms with E-state index in [0.717, 1.165) is 18.4 Å². The normalized spacial score (nSPS) is 13.8. The molecule has 0 aliphatic heterocycles. The Hall–Kier alpha value is -1.11. The van der Waals surface area contributed by atoms with Crippen LogP contribution in [-0.2, 0) is 4.79 Å². The summed E-state index contributed by atoms with van der Waals surface area (Å²) in [4.78, 5) is 11.2. The van der Waals surface area contributed by atoms with Crippen molar-refractivity contribution in [1.29, 1.82) is 0 Å². The van der Waals surface area contributed by atoms with Gasteiger partial charge in [-0.25, -0.2) is 0 Å². The first-order valence-electron chi connectivity index (χ1n) is 6.46. The first-order chi connectivity index (χ1) is 7.95. The molecule has 0 amide bonds. The smallest absolute Gasteiger partial charge is 0.155 e. The number of hydrogen-bond donors (Lipinski definition) is 0. The molecule has 1 nitrogen and oxygen atoms in total. The molecule has 1 heteroatoms. The third kappa shape index (κ3) is 9.80. The van der Waals surface area contributed by atoms with Crippen molar-refractivity contribution in [2.75, 3.05) is 0 Å². The van der Waals surface area contributed by atoms with Gasteiger partial charge in [0.05, 0.1) is 0 Å². The quantitative estimate of drug-likeness (QED) is 0.349. The second-order valence-corrected chi connectivity index (χ2v) is 4.97. The number of allylic oxidation sites excluding steroid dienone is 6. The second-order valence-electron chi connectivity index (χ2n) is 4.97. The minimum Gasteiger partial charge on any atom is -0.295 e. The minimum absolute atomic E-state index is 0.199. The van der Waals surface area contributed by atoms with Gasteiger partial charge in [0.1, 0.15) is 0 Å². The van der Waals surface area contributed by atoms with Crippen LogP contribution in [0.1, 0.15) is 53.9 Å². The largest absolute Gasteiger partial charge is 0.295 e. The van der Waals surface area contributed by atoms with Crippen molar-refractivity contribution in [1.82, 2.24) is 0 Å². The highest BCUT2D eigenvalue weighted by Crippen LogP contribution is 2.11. The van der Waals surface area contributed by atoms with Gasteiger partial charge in [-0.15, -0.1) is 0 Å². The molecule has 1 atom stereocenters. The molecule has 0 rings (SSSR count). The van der Waals surface area contributed by atoms with E-state index in [1.54, 1.807) is 6.08 Å². The Morgan fingerprint density at radius 1 is 1.18 bits per heavy atom. The molecule has 17 heavy (non-hydrogen) atoms. The lowest BCUT2D eigenvalue weighted by atomic mass is 10.0. The SMILES string of the molecule is CCC(=O)/C=C(C)/C=C/CC(C)CC=C(C)C. The first-order valence-corrected chi connectivity index (χ1v) is 6.46. The summed E-state index contributed by atoms with van der Waals surface area (Å²) >= 11 is 0. The molecule has 1 unspecified atom stereocenters. The molecule has 0 N–H and O–H groups in total. The first kappa shape index (κ1) is 15.9. The molecule has 0 aromatic heterocycles. The van der Waals surface area contributed by atoms with Crippen molar-refractivity contribution in [2.24, 2.45) is 5.92 Å². The van der Waals surface area contributed by atoms with Crippen LogP contribution < -0.4 is 0 Å². The zero-order valence-electron chi connectivity index (χ0n) is 11.9. The molecule has 0 heterocycles. The highest BCUT2D eigenvalue weighted by atomic mass is 16.1. The maximum Gasteiger partial charge on any atom is 0.155 e. The van der Waals surface area contributed by atoms with Gasteiger partial charge >= 0.3 is 0 Å². The van der Waals surface area contributed by atoms with Crippen LogP contribution in [0.4, 0.5) is 0 Å². The van der Waals surface area contributed by atoms with Gasteiger partial charge in [-0.05, 0) is 51.2 Å². The Balaban J connectivity index is 4.06. The summed E-state index contributed by atoms with van der Waals surface area (Å²) in [7, 11) is 0. The van der Waals surface area contributed by atoms with Crippen molar-refractivity contribution in [3.8, 4) is 0 Å². The zero-order valence-corrected chi connectivity index (χ0v) is 11.9. The van der Waals surface area contributed by atoms with E-state index in [0.29, 0.717) is 12.3 Å². The predicted octanol–water partition coefficient (Wildman–Crippen LogP) is 4.85.